The van der Waals surface area contributed by atoms with Gasteiger partial charge in [-0.1, -0.05) is 23.7 Å². The second-order valence-corrected chi connectivity index (χ2v) is 5.31. The molecule has 2 atom stereocenters. The molecule has 5 heteroatoms. The maximum Gasteiger partial charge on any atom is 0.262 e. The first-order valence-electron chi connectivity index (χ1n) is 6.23. The van der Waals surface area contributed by atoms with Crippen molar-refractivity contribution in [1.29, 1.82) is 0 Å². The fourth-order valence-electron chi connectivity index (χ4n) is 1.78. The van der Waals surface area contributed by atoms with Crippen LogP contribution in [-0.2, 0) is 11.2 Å². The van der Waals surface area contributed by atoms with Gasteiger partial charge in [0.1, 0.15) is 5.75 Å². The van der Waals surface area contributed by atoms with Crippen LogP contribution in [0.5, 0.6) is 5.75 Å². The fourth-order valence-corrected chi connectivity index (χ4v) is 2.02. The summed E-state index contributed by atoms with van der Waals surface area (Å²) in [6, 6.07) is 5.51. The Balaban J connectivity index is 2.96. The normalized spacial score (nSPS) is 13.8. The summed E-state index contributed by atoms with van der Waals surface area (Å²) in [7, 11) is 3.38. The van der Waals surface area contributed by atoms with Crippen molar-refractivity contribution in [3.8, 4) is 5.75 Å². The molecule has 0 aromatic heterocycles. The molecule has 4 nitrogen and oxygen atoms in total. The molecule has 106 valence electrons. The maximum absolute atomic E-state index is 11.8. The number of para-hydroxylation sites is 1. The van der Waals surface area contributed by atoms with E-state index in [1.54, 1.807) is 27.1 Å². The third-order valence-electron chi connectivity index (χ3n) is 2.67. The highest BCUT2D eigenvalue weighted by Crippen LogP contribution is 2.30. The molecule has 0 spiro atoms. The van der Waals surface area contributed by atoms with Gasteiger partial charge in [-0.05, 0) is 31.9 Å². The van der Waals surface area contributed by atoms with Gasteiger partial charge < -0.3 is 15.4 Å². The van der Waals surface area contributed by atoms with Crippen LogP contribution >= 0.6 is 11.6 Å². The van der Waals surface area contributed by atoms with Crippen molar-refractivity contribution >= 4 is 17.5 Å². The van der Waals surface area contributed by atoms with Gasteiger partial charge in [-0.3, -0.25) is 4.79 Å². The molecule has 1 aromatic carbocycles. The van der Waals surface area contributed by atoms with Gasteiger partial charge in [-0.15, -0.1) is 0 Å². The Kier molecular flexibility index (Phi) is 5.63. The lowest BCUT2D eigenvalue weighted by Crippen LogP contribution is -2.35. The van der Waals surface area contributed by atoms with E-state index in [2.05, 4.69) is 0 Å². The molecule has 2 N–H and O–H groups in total. The molecule has 0 fully saturated rings. The van der Waals surface area contributed by atoms with E-state index in [0.29, 0.717) is 17.2 Å². The number of ether oxygens (including phenoxy) is 1. The molecule has 1 aromatic rings. The van der Waals surface area contributed by atoms with Crippen LogP contribution in [0.2, 0.25) is 5.02 Å². The van der Waals surface area contributed by atoms with Crippen molar-refractivity contribution in [3.05, 3.63) is 28.8 Å². The molecule has 19 heavy (non-hydrogen) atoms. The number of carbonyl (C=O) groups excluding carboxylic acids is 1. The van der Waals surface area contributed by atoms with Gasteiger partial charge in [0.2, 0.25) is 0 Å². The average Bonchev–Trinajstić information content (AvgIpc) is 2.31. The van der Waals surface area contributed by atoms with E-state index in [0.717, 1.165) is 5.56 Å². The molecular weight excluding hydrogens is 264 g/mol. The van der Waals surface area contributed by atoms with E-state index in [1.807, 2.05) is 19.1 Å². The molecule has 0 aliphatic carbocycles. The summed E-state index contributed by atoms with van der Waals surface area (Å²) in [5.74, 6) is 0.441. The lowest BCUT2D eigenvalue weighted by atomic mass is 10.1. The average molecular weight is 285 g/mol. The van der Waals surface area contributed by atoms with Gasteiger partial charge in [-0.25, -0.2) is 0 Å². The maximum atomic E-state index is 11.8. The molecule has 1 amide bonds. The highest BCUT2D eigenvalue weighted by Gasteiger charge is 2.20. The minimum absolute atomic E-state index is 0.000623. The van der Waals surface area contributed by atoms with Gasteiger partial charge in [0.25, 0.3) is 5.91 Å². The van der Waals surface area contributed by atoms with Crippen LogP contribution in [0.4, 0.5) is 0 Å². The van der Waals surface area contributed by atoms with Gasteiger partial charge in [-0.2, -0.15) is 0 Å². The second kappa shape index (κ2) is 6.78. The summed E-state index contributed by atoms with van der Waals surface area (Å²) in [5, 5.41) is 0.497. The first-order valence-corrected chi connectivity index (χ1v) is 6.61. The second-order valence-electron chi connectivity index (χ2n) is 4.90. The van der Waals surface area contributed by atoms with Gasteiger partial charge >= 0.3 is 0 Å². The van der Waals surface area contributed by atoms with Gasteiger partial charge in [0.05, 0.1) is 5.02 Å². The predicted molar refractivity (Wildman–Crippen MR) is 77.6 cm³/mol. The zero-order chi connectivity index (χ0) is 14.6. The van der Waals surface area contributed by atoms with E-state index < -0.39 is 6.10 Å². The van der Waals surface area contributed by atoms with E-state index in [4.69, 9.17) is 22.1 Å². The van der Waals surface area contributed by atoms with E-state index in [9.17, 15) is 4.79 Å². The monoisotopic (exact) mass is 284 g/mol. The molecule has 0 bridgehead atoms. The fraction of sp³-hybridized carbons (Fsp3) is 0.500. The van der Waals surface area contributed by atoms with E-state index in [-0.39, 0.29) is 11.9 Å². The van der Waals surface area contributed by atoms with Crippen molar-refractivity contribution in [2.45, 2.75) is 32.4 Å². The van der Waals surface area contributed by atoms with Crippen LogP contribution < -0.4 is 10.5 Å². The standard InChI is InChI=1S/C14H21ClN2O2/c1-9(16)8-11-6-5-7-12(15)13(11)19-10(2)14(18)17(3)4/h5-7,9-10H,8,16H2,1-4H3. The minimum Gasteiger partial charge on any atom is -0.479 e. The Morgan fingerprint density at radius 2 is 2.05 bits per heavy atom. The van der Waals surface area contributed by atoms with Gasteiger partial charge in [0.15, 0.2) is 6.10 Å². The molecule has 0 radical (unpaired) electrons. The van der Waals surface area contributed by atoms with Crippen LogP contribution in [0.1, 0.15) is 19.4 Å². The Morgan fingerprint density at radius 1 is 1.42 bits per heavy atom. The molecule has 2 unspecified atom stereocenters. The zero-order valence-corrected chi connectivity index (χ0v) is 12.6. The Hall–Kier alpha value is -1.26. The van der Waals surface area contributed by atoms with Crippen molar-refractivity contribution in [1.82, 2.24) is 4.90 Å². The van der Waals surface area contributed by atoms with Crippen LogP contribution in [0, 0.1) is 0 Å². The summed E-state index contributed by atoms with van der Waals surface area (Å²) < 4.78 is 5.72. The van der Waals surface area contributed by atoms with Crippen molar-refractivity contribution in [2.24, 2.45) is 5.73 Å². The first-order chi connectivity index (χ1) is 8.82. The number of amides is 1. The first kappa shape index (κ1) is 15.8. The number of halogens is 1. The van der Waals surface area contributed by atoms with Crippen LogP contribution in [0.25, 0.3) is 0 Å². The predicted octanol–water partition coefficient (Wildman–Crippen LogP) is 2.09. The van der Waals surface area contributed by atoms with Crippen molar-refractivity contribution < 1.29 is 9.53 Å². The summed E-state index contributed by atoms with van der Waals surface area (Å²) in [4.78, 5) is 13.3. The number of benzene rings is 1. The summed E-state index contributed by atoms with van der Waals surface area (Å²) in [5.41, 5.74) is 6.73. The highest BCUT2D eigenvalue weighted by atomic mass is 35.5. The number of carbonyl (C=O) groups is 1. The summed E-state index contributed by atoms with van der Waals surface area (Å²) >= 11 is 6.15. The number of hydrogen-bond donors (Lipinski definition) is 1. The third kappa shape index (κ3) is 4.40. The zero-order valence-electron chi connectivity index (χ0n) is 11.8. The summed E-state index contributed by atoms with van der Waals surface area (Å²) in [6.07, 6.45) is 0.0698. The number of likely N-dealkylation sites (N-methyl/N-ethyl adjacent to an activating group) is 1. The molecule has 0 aliphatic rings. The lowest BCUT2D eigenvalue weighted by Gasteiger charge is -2.21. The molecule has 0 saturated carbocycles. The Morgan fingerprint density at radius 3 is 2.58 bits per heavy atom. The van der Waals surface area contributed by atoms with Crippen LogP contribution in [0.3, 0.4) is 0 Å². The van der Waals surface area contributed by atoms with Crippen molar-refractivity contribution in [2.75, 3.05) is 14.1 Å². The smallest absolute Gasteiger partial charge is 0.262 e. The Labute approximate surface area is 119 Å². The number of rotatable bonds is 5. The quantitative estimate of drug-likeness (QED) is 0.901. The highest BCUT2D eigenvalue weighted by molar-refractivity contribution is 6.32. The lowest BCUT2D eigenvalue weighted by molar-refractivity contribution is -0.135. The molecule has 0 heterocycles. The number of nitrogens with zero attached hydrogens (tertiary/aromatic N) is 1. The van der Waals surface area contributed by atoms with E-state index in [1.165, 1.54) is 4.90 Å². The third-order valence-corrected chi connectivity index (χ3v) is 2.97. The van der Waals surface area contributed by atoms with E-state index >= 15 is 0 Å². The van der Waals surface area contributed by atoms with Crippen LogP contribution in [0.15, 0.2) is 18.2 Å². The number of hydrogen-bond acceptors (Lipinski definition) is 3. The Bertz CT molecular complexity index is 447. The van der Waals surface area contributed by atoms with Crippen molar-refractivity contribution in [3.63, 3.8) is 0 Å². The molecular formula is C14H21ClN2O2. The topological polar surface area (TPSA) is 55.6 Å². The summed E-state index contributed by atoms with van der Waals surface area (Å²) in [6.45, 7) is 3.63. The molecule has 0 saturated heterocycles. The molecule has 0 aliphatic heterocycles. The molecule has 1 rings (SSSR count). The van der Waals surface area contributed by atoms with Gasteiger partial charge in [0, 0.05) is 20.1 Å². The SMILES string of the molecule is CC(N)Cc1cccc(Cl)c1OC(C)C(=O)N(C)C. The number of nitrogens with two attached hydrogens (primary N) is 1. The largest absolute Gasteiger partial charge is 0.479 e. The van der Waals surface area contributed by atoms with Crippen LogP contribution in [-0.4, -0.2) is 37.0 Å². The minimum atomic E-state index is -0.582.